The number of amides is 1. The first-order valence-electron chi connectivity index (χ1n) is 7.36. The number of carbonyl (C=O) groups is 1. The molecule has 0 saturated carbocycles. The quantitative estimate of drug-likeness (QED) is 0.868. The normalized spacial score (nSPS) is 19.9. The van der Waals surface area contributed by atoms with Gasteiger partial charge in [0.25, 0.3) is 0 Å². The maximum Gasteiger partial charge on any atom is 0.237 e. The van der Waals surface area contributed by atoms with Crippen LogP contribution in [0.4, 0.5) is 0 Å². The lowest BCUT2D eigenvalue weighted by molar-refractivity contribution is -0.123. The van der Waals surface area contributed by atoms with E-state index in [0.29, 0.717) is 0 Å². The maximum absolute atomic E-state index is 12.0. The molecule has 2 atom stereocenters. The summed E-state index contributed by atoms with van der Waals surface area (Å²) >= 11 is 0. The average Bonchev–Trinajstić information content (AvgIpc) is 2.92. The van der Waals surface area contributed by atoms with E-state index in [1.165, 1.54) is 0 Å². The minimum Gasteiger partial charge on any atom is -0.491 e. The van der Waals surface area contributed by atoms with Crippen LogP contribution in [0.2, 0.25) is 0 Å². The minimum absolute atomic E-state index is 0.0120. The molecule has 4 nitrogen and oxygen atoms in total. The van der Waals surface area contributed by atoms with Crippen molar-refractivity contribution in [3.63, 3.8) is 0 Å². The van der Waals surface area contributed by atoms with Crippen molar-refractivity contribution in [2.75, 3.05) is 6.54 Å². The highest BCUT2D eigenvalue weighted by Crippen LogP contribution is 2.19. The van der Waals surface area contributed by atoms with Crippen LogP contribution in [0.1, 0.15) is 45.2 Å². The summed E-state index contributed by atoms with van der Waals surface area (Å²) in [4.78, 5) is 12.0. The van der Waals surface area contributed by atoms with Crippen LogP contribution in [0.3, 0.4) is 0 Å². The fourth-order valence-electron chi connectivity index (χ4n) is 2.41. The van der Waals surface area contributed by atoms with Crippen molar-refractivity contribution in [1.82, 2.24) is 10.6 Å². The van der Waals surface area contributed by atoms with E-state index in [1.54, 1.807) is 0 Å². The zero-order valence-electron chi connectivity index (χ0n) is 12.5. The van der Waals surface area contributed by atoms with Crippen LogP contribution in [0, 0.1) is 0 Å². The predicted molar refractivity (Wildman–Crippen MR) is 79.8 cm³/mol. The molecule has 1 heterocycles. The monoisotopic (exact) mass is 276 g/mol. The molecule has 1 aliphatic rings. The molecule has 0 bridgehead atoms. The first-order chi connectivity index (χ1) is 9.56. The molecule has 2 N–H and O–H groups in total. The summed E-state index contributed by atoms with van der Waals surface area (Å²) in [5.41, 5.74) is 1.09. The molecule has 110 valence electrons. The number of hydrogen-bond acceptors (Lipinski definition) is 3. The van der Waals surface area contributed by atoms with E-state index in [9.17, 15) is 4.79 Å². The van der Waals surface area contributed by atoms with Gasteiger partial charge in [0.05, 0.1) is 18.2 Å². The van der Waals surface area contributed by atoms with Gasteiger partial charge < -0.3 is 15.4 Å². The predicted octanol–water partition coefficient (Wildman–Crippen LogP) is 2.40. The van der Waals surface area contributed by atoms with E-state index in [1.807, 2.05) is 45.0 Å². The fourth-order valence-corrected chi connectivity index (χ4v) is 2.41. The third-order valence-corrected chi connectivity index (χ3v) is 3.49. The Morgan fingerprint density at radius 1 is 1.30 bits per heavy atom. The Balaban J connectivity index is 1.91. The molecular weight excluding hydrogens is 252 g/mol. The van der Waals surface area contributed by atoms with Gasteiger partial charge in [-0.3, -0.25) is 4.79 Å². The summed E-state index contributed by atoms with van der Waals surface area (Å²) in [6, 6.07) is 7.89. The number of ether oxygens (including phenoxy) is 1. The van der Waals surface area contributed by atoms with E-state index in [-0.39, 0.29) is 24.1 Å². The SMILES string of the molecule is CC(C)Oc1ccc(C(C)NC(=O)[C@H]2CCCN2)cc1. The first kappa shape index (κ1) is 14.9. The van der Waals surface area contributed by atoms with Gasteiger partial charge in [-0.05, 0) is 57.9 Å². The molecule has 0 spiro atoms. The molecule has 1 saturated heterocycles. The van der Waals surface area contributed by atoms with Crippen molar-refractivity contribution in [2.24, 2.45) is 0 Å². The minimum atomic E-state index is -0.0269. The molecule has 2 rings (SSSR count). The maximum atomic E-state index is 12.0. The zero-order valence-corrected chi connectivity index (χ0v) is 12.5. The van der Waals surface area contributed by atoms with Crippen molar-refractivity contribution in [3.8, 4) is 5.75 Å². The van der Waals surface area contributed by atoms with Crippen LogP contribution < -0.4 is 15.4 Å². The molecule has 20 heavy (non-hydrogen) atoms. The Kier molecular flexibility index (Phi) is 5.01. The van der Waals surface area contributed by atoms with E-state index in [0.717, 1.165) is 30.7 Å². The smallest absolute Gasteiger partial charge is 0.237 e. The van der Waals surface area contributed by atoms with Gasteiger partial charge in [-0.1, -0.05) is 12.1 Å². The second-order valence-electron chi connectivity index (χ2n) is 5.61. The van der Waals surface area contributed by atoms with Gasteiger partial charge in [0.1, 0.15) is 5.75 Å². The molecule has 4 heteroatoms. The lowest BCUT2D eigenvalue weighted by Gasteiger charge is -2.18. The lowest BCUT2D eigenvalue weighted by atomic mass is 10.1. The van der Waals surface area contributed by atoms with Gasteiger partial charge in [0, 0.05) is 0 Å². The number of carbonyl (C=O) groups excluding carboxylic acids is 1. The van der Waals surface area contributed by atoms with Crippen molar-refractivity contribution in [2.45, 2.75) is 51.8 Å². The van der Waals surface area contributed by atoms with E-state index >= 15 is 0 Å². The van der Waals surface area contributed by atoms with Crippen LogP contribution in [0.15, 0.2) is 24.3 Å². The van der Waals surface area contributed by atoms with Crippen molar-refractivity contribution < 1.29 is 9.53 Å². The third-order valence-electron chi connectivity index (χ3n) is 3.49. The average molecular weight is 276 g/mol. The Hall–Kier alpha value is -1.55. The van der Waals surface area contributed by atoms with E-state index in [2.05, 4.69) is 10.6 Å². The Morgan fingerprint density at radius 2 is 2.00 bits per heavy atom. The van der Waals surface area contributed by atoms with E-state index in [4.69, 9.17) is 4.74 Å². The highest BCUT2D eigenvalue weighted by molar-refractivity contribution is 5.82. The molecule has 1 aromatic rings. The number of nitrogens with one attached hydrogen (secondary N) is 2. The van der Waals surface area contributed by atoms with Crippen molar-refractivity contribution in [3.05, 3.63) is 29.8 Å². The molecule has 1 aromatic carbocycles. The Morgan fingerprint density at radius 3 is 2.55 bits per heavy atom. The number of benzene rings is 1. The molecule has 0 radical (unpaired) electrons. The van der Waals surface area contributed by atoms with E-state index < -0.39 is 0 Å². The molecule has 0 aliphatic carbocycles. The van der Waals surface area contributed by atoms with Crippen LogP contribution >= 0.6 is 0 Å². The summed E-state index contributed by atoms with van der Waals surface area (Å²) in [6.45, 7) is 6.95. The second-order valence-corrected chi connectivity index (χ2v) is 5.61. The summed E-state index contributed by atoms with van der Waals surface area (Å²) in [7, 11) is 0. The largest absolute Gasteiger partial charge is 0.491 e. The molecule has 1 amide bonds. The third kappa shape index (κ3) is 3.97. The van der Waals surface area contributed by atoms with Crippen LogP contribution in [-0.4, -0.2) is 24.6 Å². The number of rotatable bonds is 5. The molecule has 0 aromatic heterocycles. The van der Waals surface area contributed by atoms with Crippen LogP contribution in [0.25, 0.3) is 0 Å². The van der Waals surface area contributed by atoms with Gasteiger partial charge in [0.15, 0.2) is 0 Å². The Bertz CT molecular complexity index is 436. The van der Waals surface area contributed by atoms with Gasteiger partial charge in [0.2, 0.25) is 5.91 Å². The lowest BCUT2D eigenvalue weighted by Crippen LogP contribution is -2.41. The summed E-state index contributed by atoms with van der Waals surface area (Å²) in [6.07, 6.45) is 2.18. The topological polar surface area (TPSA) is 50.4 Å². The first-order valence-corrected chi connectivity index (χ1v) is 7.36. The highest BCUT2D eigenvalue weighted by Gasteiger charge is 2.23. The van der Waals surface area contributed by atoms with Crippen molar-refractivity contribution in [1.29, 1.82) is 0 Å². The van der Waals surface area contributed by atoms with Crippen LogP contribution in [0.5, 0.6) is 5.75 Å². The fraction of sp³-hybridized carbons (Fsp3) is 0.562. The van der Waals surface area contributed by atoms with Crippen molar-refractivity contribution >= 4 is 5.91 Å². The molecule has 1 unspecified atom stereocenters. The summed E-state index contributed by atoms with van der Waals surface area (Å²) in [5.74, 6) is 0.956. The van der Waals surface area contributed by atoms with Gasteiger partial charge >= 0.3 is 0 Å². The van der Waals surface area contributed by atoms with Crippen LogP contribution in [-0.2, 0) is 4.79 Å². The molecule has 1 fully saturated rings. The van der Waals surface area contributed by atoms with Gasteiger partial charge in [-0.25, -0.2) is 0 Å². The standard InChI is InChI=1S/C16H24N2O2/c1-11(2)20-14-8-6-13(7-9-14)12(3)18-16(19)15-5-4-10-17-15/h6-9,11-12,15,17H,4-5,10H2,1-3H3,(H,18,19)/t12?,15-/m1/s1. The number of hydrogen-bond donors (Lipinski definition) is 2. The second kappa shape index (κ2) is 6.75. The Labute approximate surface area is 120 Å². The molecule has 1 aliphatic heterocycles. The van der Waals surface area contributed by atoms with Gasteiger partial charge in [-0.15, -0.1) is 0 Å². The summed E-state index contributed by atoms with van der Waals surface area (Å²) < 4.78 is 5.61. The zero-order chi connectivity index (χ0) is 14.5. The molecular formula is C16H24N2O2. The summed E-state index contributed by atoms with van der Waals surface area (Å²) in [5, 5.41) is 6.27. The highest BCUT2D eigenvalue weighted by atomic mass is 16.5. The van der Waals surface area contributed by atoms with Gasteiger partial charge in [-0.2, -0.15) is 0 Å².